The lowest BCUT2D eigenvalue weighted by Crippen LogP contribution is -2.00. The highest BCUT2D eigenvalue weighted by atomic mass is 15.0. The zero-order chi connectivity index (χ0) is 40.3. The van der Waals surface area contributed by atoms with Gasteiger partial charge in [-0.15, -0.1) is 0 Å². The van der Waals surface area contributed by atoms with E-state index in [0.29, 0.717) is 40.5 Å². The number of rotatable bonds is 8. The molecule has 0 radical (unpaired) electrons. The van der Waals surface area contributed by atoms with Crippen LogP contribution in [0.4, 0.5) is 0 Å². The molecule has 10 rings (SSSR count). The minimum absolute atomic E-state index is 0.577. The summed E-state index contributed by atoms with van der Waals surface area (Å²) in [5, 5.41) is 12.3. The van der Waals surface area contributed by atoms with Crippen molar-refractivity contribution in [1.82, 2.24) is 29.9 Å². The van der Waals surface area contributed by atoms with Crippen LogP contribution in [-0.2, 0) is 0 Å². The molecule has 0 bridgehead atoms. The van der Waals surface area contributed by atoms with Crippen molar-refractivity contribution in [3.8, 4) is 96.7 Å². The average Bonchev–Trinajstić information content (AvgIpc) is 3.34. The number of benzene rings is 8. The molecule has 0 amide bonds. The first-order chi connectivity index (χ1) is 29.6. The maximum Gasteiger partial charge on any atom is 0.164 e. The topological polar surface area (TPSA) is 101 Å². The number of hydrogen-bond acceptors (Lipinski definition) is 7. The molecule has 10 aromatic rings. The standard InChI is InChI=1S/C53H33N7/c54-34-46-32-44-30-29-43(35-21-25-41(26-22-35)52-57-48(37-13-5-1-6-14-37)55-49(58-52)38-15-7-2-8-16-38)31-45(44)33-47(46)36-23-27-42(28-24-36)53-59-50(39-17-9-3-10-18-39)56-51(60-53)40-19-11-4-12-20-40/h1-33H. The molecule has 0 atom stereocenters. The highest BCUT2D eigenvalue weighted by molar-refractivity contribution is 5.93. The van der Waals surface area contributed by atoms with Crippen LogP contribution in [0.2, 0.25) is 0 Å². The Labute approximate surface area is 347 Å². The molecule has 0 spiro atoms. The first-order valence-corrected chi connectivity index (χ1v) is 19.6. The highest BCUT2D eigenvalue weighted by Crippen LogP contribution is 2.34. The molecule has 0 saturated carbocycles. The molecule has 0 unspecified atom stereocenters. The Balaban J connectivity index is 0.970. The van der Waals surface area contributed by atoms with Gasteiger partial charge in [0, 0.05) is 38.9 Å². The molecule has 0 aliphatic carbocycles. The Bertz CT molecular complexity index is 3050. The summed E-state index contributed by atoms with van der Waals surface area (Å²) in [4.78, 5) is 29.2. The maximum atomic E-state index is 10.3. The van der Waals surface area contributed by atoms with Crippen molar-refractivity contribution in [3.63, 3.8) is 0 Å². The summed E-state index contributed by atoms with van der Waals surface area (Å²) in [5.74, 6) is 3.65. The zero-order valence-corrected chi connectivity index (χ0v) is 32.2. The van der Waals surface area contributed by atoms with E-state index in [4.69, 9.17) is 29.9 Å². The van der Waals surface area contributed by atoms with Gasteiger partial charge in [0.1, 0.15) is 0 Å². The number of hydrogen-bond donors (Lipinski definition) is 0. The molecule has 0 aliphatic rings. The zero-order valence-electron chi connectivity index (χ0n) is 32.2. The summed E-state index contributed by atoms with van der Waals surface area (Å²) in [7, 11) is 0. The molecule has 2 aromatic heterocycles. The number of nitrogens with zero attached hydrogens (tertiary/aromatic N) is 7. The normalized spacial score (nSPS) is 11.0. The predicted molar refractivity (Wildman–Crippen MR) is 239 cm³/mol. The van der Waals surface area contributed by atoms with Crippen molar-refractivity contribution in [2.75, 3.05) is 0 Å². The SMILES string of the molecule is N#Cc1cc2ccc(-c3ccc(-c4nc(-c5ccccc5)nc(-c5ccccc5)n4)cc3)cc2cc1-c1ccc(-c2nc(-c3ccccc3)nc(-c3ccccc3)n2)cc1. The lowest BCUT2D eigenvalue weighted by atomic mass is 9.93. The Morgan fingerprint density at radius 2 is 0.583 bits per heavy atom. The van der Waals surface area contributed by atoms with Crippen LogP contribution in [0.1, 0.15) is 5.56 Å². The third kappa shape index (κ3) is 7.29. The fourth-order valence-electron chi connectivity index (χ4n) is 7.29. The van der Waals surface area contributed by atoms with Gasteiger partial charge >= 0.3 is 0 Å². The van der Waals surface area contributed by atoms with Crippen LogP contribution in [0.3, 0.4) is 0 Å². The fourth-order valence-corrected chi connectivity index (χ4v) is 7.29. The first-order valence-electron chi connectivity index (χ1n) is 19.6. The van der Waals surface area contributed by atoms with Gasteiger partial charge in [-0.1, -0.05) is 182 Å². The average molecular weight is 768 g/mol. The minimum atomic E-state index is 0.577. The molecule has 8 aromatic carbocycles. The van der Waals surface area contributed by atoms with E-state index in [1.54, 1.807) is 0 Å². The molecule has 2 heterocycles. The molecular formula is C53H33N7. The molecule has 0 fully saturated rings. The molecule has 0 saturated heterocycles. The highest BCUT2D eigenvalue weighted by Gasteiger charge is 2.15. The molecule has 7 nitrogen and oxygen atoms in total. The minimum Gasteiger partial charge on any atom is -0.208 e. The molecular weight excluding hydrogens is 735 g/mol. The van der Waals surface area contributed by atoms with Crippen molar-refractivity contribution in [3.05, 3.63) is 206 Å². The largest absolute Gasteiger partial charge is 0.208 e. The van der Waals surface area contributed by atoms with Crippen LogP contribution >= 0.6 is 0 Å². The Morgan fingerprint density at radius 3 is 0.950 bits per heavy atom. The van der Waals surface area contributed by atoms with E-state index in [1.807, 2.05) is 152 Å². The van der Waals surface area contributed by atoms with Crippen LogP contribution in [-0.4, -0.2) is 29.9 Å². The number of nitriles is 1. The summed E-state index contributed by atoms with van der Waals surface area (Å²) in [6.45, 7) is 0. The maximum absolute atomic E-state index is 10.3. The first kappa shape index (κ1) is 35.9. The smallest absolute Gasteiger partial charge is 0.164 e. The second-order valence-corrected chi connectivity index (χ2v) is 14.3. The molecule has 7 heteroatoms. The van der Waals surface area contributed by atoms with E-state index in [0.717, 1.165) is 66.4 Å². The number of fused-ring (bicyclic) bond motifs is 1. The lowest BCUT2D eigenvalue weighted by molar-refractivity contribution is 1.07. The summed E-state index contributed by atoms with van der Waals surface area (Å²) >= 11 is 0. The van der Waals surface area contributed by atoms with Gasteiger partial charge in [0.25, 0.3) is 0 Å². The van der Waals surface area contributed by atoms with E-state index in [9.17, 15) is 5.26 Å². The van der Waals surface area contributed by atoms with Crippen LogP contribution in [0, 0.1) is 11.3 Å². The summed E-state index contributed by atoms with van der Waals surface area (Å²) in [6, 6.07) is 69.1. The lowest BCUT2D eigenvalue weighted by Gasteiger charge is -2.11. The molecule has 280 valence electrons. The van der Waals surface area contributed by atoms with E-state index >= 15 is 0 Å². The van der Waals surface area contributed by atoms with Gasteiger partial charge in [-0.3, -0.25) is 0 Å². The van der Waals surface area contributed by atoms with Crippen molar-refractivity contribution in [2.45, 2.75) is 0 Å². The monoisotopic (exact) mass is 767 g/mol. The summed E-state index contributed by atoms with van der Waals surface area (Å²) < 4.78 is 0. The summed E-state index contributed by atoms with van der Waals surface area (Å²) in [5.41, 5.74) is 9.93. The third-order valence-electron chi connectivity index (χ3n) is 10.4. The molecule has 0 N–H and O–H groups in total. The Morgan fingerprint density at radius 1 is 0.267 bits per heavy atom. The second kappa shape index (κ2) is 15.8. The Kier molecular flexibility index (Phi) is 9.47. The fraction of sp³-hybridized carbons (Fsp3) is 0. The molecule has 60 heavy (non-hydrogen) atoms. The van der Waals surface area contributed by atoms with Crippen molar-refractivity contribution in [1.29, 1.82) is 5.26 Å². The van der Waals surface area contributed by atoms with Gasteiger partial charge in [-0.25, -0.2) is 29.9 Å². The summed E-state index contributed by atoms with van der Waals surface area (Å²) in [6.07, 6.45) is 0. The van der Waals surface area contributed by atoms with Crippen LogP contribution in [0.15, 0.2) is 200 Å². The van der Waals surface area contributed by atoms with E-state index in [-0.39, 0.29) is 0 Å². The van der Waals surface area contributed by atoms with Gasteiger partial charge in [0.15, 0.2) is 34.9 Å². The van der Waals surface area contributed by atoms with Gasteiger partial charge in [-0.2, -0.15) is 5.26 Å². The van der Waals surface area contributed by atoms with Gasteiger partial charge in [0.05, 0.1) is 11.6 Å². The predicted octanol–water partition coefficient (Wildman–Crippen LogP) is 12.4. The second-order valence-electron chi connectivity index (χ2n) is 14.3. The van der Waals surface area contributed by atoms with Crippen LogP contribution in [0.5, 0.6) is 0 Å². The Hall–Kier alpha value is -8.47. The van der Waals surface area contributed by atoms with Gasteiger partial charge in [-0.05, 0) is 45.7 Å². The van der Waals surface area contributed by atoms with Crippen molar-refractivity contribution in [2.24, 2.45) is 0 Å². The van der Waals surface area contributed by atoms with Crippen molar-refractivity contribution >= 4 is 10.8 Å². The van der Waals surface area contributed by atoms with Crippen LogP contribution < -0.4 is 0 Å². The van der Waals surface area contributed by atoms with E-state index in [1.165, 1.54) is 0 Å². The number of aromatic nitrogens is 6. The molecule has 0 aliphatic heterocycles. The van der Waals surface area contributed by atoms with Gasteiger partial charge in [0.2, 0.25) is 0 Å². The van der Waals surface area contributed by atoms with E-state index in [2.05, 4.69) is 54.6 Å². The van der Waals surface area contributed by atoms with Crippen LogP contribution in [0.25, 0.3) is 101 Å². The third-order valence-corrected chi connectivity index (χ3v) is 10.4. The van der Waals surface area contributed by atoms with Crippen molar-refractivity contribution < 1.29 is 0 Å². The van der Waals surface area contributed by atoms with E-state index < -0.39 is 0 Å². The quantitative estimate of drug-likeness (QED) is 0.152. The van der Waals surface area contributed by atoms with Gasteiger partial charge < -0.3 is 0 Å².